The Bertz CT molecular complexity index is 384. The molecule has 0 radical (unpaired) electrons. The van der Waals surface area contributed by atoms with E-state index in [-0.39, 0.29) is 0 Å². The van der Waals surface area contributed by atoms with Crippen molar-refractivity contribution in [2.24, 2.45) is 0 Å². The highest BCUT2D eigenvalue weighted by atomic mass is 15.1. The lowest BCUT2D eigenvalue weighted by molar-refractivity contribution is 0.596. The standard InChI is InChI=1S/C16H26N2/c1-6-17-14(5)15-10-8-9-11-16(15)18(7-2)12-13(3)4/h8-11,14,17H,3,6-7,12H2,1-2,4-5H3. The first-order chi connectivity index (χ1) is 8.60. The molecule has 0 aromatic heterocycles. The number of rotatable bonds is 7. The van der Waals surface area contributed by atoms with E-state index in [1.165, 1.54) is 16.8 Å². The Morgan fingerprint density at radius 2 is 2.00 bits per heavy atom. The van der Waals surface area contributed by atoms with Crippen LogP contribution in [0.3, 0.4) is 0 Å². The Labute approximate surface area is 112 Å². The third kappa shape index (κ3) is 3.88. The minimum Gasteiger partial charge on any atom is -0.368 e. The second-order valence-corrected chi connectivity index (χ2v) is 4.81. The van der Waals surface area contributed by atoms with E-state index in [0.29, 0.717) is 6.04 Å². The highest BCUT2D eigenvalue weighted by molar-refractivity contribution is 5.55. The second kappa shape index (κ2) is 7.22. The predicted octanol–water partition coefficient (Wildman–Crippen LogP) is 3.76. The average molecular weight is 246 g/mol. The third-order valence-electron chi connectivity index (χ3n) is 3.10. The van der Waals surface area contributed by atoms with Crippen LogP contribution in [0.15, 0.2) is 36.4 Å². The van der Waals surface area contributed by atoms with Gasteiger partial charge < -0.3 is 10.2 Å². The van der Waals surface area contributed by atoms with Crippen molar-refractivity contribution in [1.29, 1.82) is 0 Å². The van der Waals surface area contributed by atoms with E-state index in [9.17, 15) is 0 Å². The Hall–Kier alpha value is -1.28. The monoisotopic (exact) mass is 246 g/mol. The maximum Gasteiger partial charge on any atom is 0.0417 e. The molecule has 100 valence electrons. The fourth-order valence-electron chi connectivity index (χ4n) is 2.25. The van der Waals surface area contributed by atoms with Gasteiger partial charge in [-0.05, 0) is 38.9 Å². The van der Waals surface area contributed by atoms with Crippen molar-refractivity contribution >= 4 is 5.69 Å². The maximum absolute atomic E-state index is 4.02. The lowest BCUT2D eigenvalue weighted by Gasteiger charge is -2.28. The highest BCUT2D eigenvalue weighted by Crippen LogP contribution is 2.26. The molecule has 0 spiro atoms. The summed E-state index contributed by atoms with van der Waals surface area (Å²) in [6, 6.07) is 9.02. The number of likely N-dealkylation sites (N-methyl/N-ethyl adjacent to an activating group) is 1. The second-order valence-electron chi connectivity index (χ2n) is 4.81. The zero-order valence-electron chi connectivity index (χ0n) is 12.2. The molecule has 0 amide bonds. The molecule has 1 aromatic carbocycles. The minimum absolute atomic E-state index is 0.380. The molecule has 1 rings (SSSR count). The molecule has 1 N–H and O–H groups in total. The van der Waals surface area contributed by atoms with Crippen molar-refractivity contribution in [2.45, 2.75) is 33.7 Å². The van der Waals surface area contributed by atoms with Crippen LogP contribution in [0.4, 0.5) is 5.69 Å². The van der Waals surface area contributed by atoms with Gasteiger partial charge in [0.15, 0.2) is 0 Å². The first-order valence-electron chi connectivity index (χ1n) is 6.81. The lowest BCUT2D eigenvalue weighted by atomic mass is 10.0. The molecule has 0 saturated heterocycles. The zero-order valence-corrected chi connectivity index (χ0v) is 12.2. The summed E-state index contributed by atoms with van der Waals surface area (Å²) in [6.07, 6.45) is 0. The van der Waals surface area contributed by atoms with Crippen LogP contribution in [0.1, 0.15) is 39.3 Å². The third-order valence-corrected chi connectivity index (χ3v) is 3.10. The molecular formula is C16H26N2. The van der Waals surface area contributed by atoms with Gasteiger partial charge in [0.1, 0.15) is 0 Å². The van der Waals surface area contributed by atoms with Gasteiger partial charge in [0.25, 0.3) is 0 Å². The number of hydrogen-bond donors (Lipinski definition) is 1. The topological polar surface area (TPSA) is 15.3 Å². The summed E-state index contributed by atoms with van der Waals surface area (Å²) in [5.41, 5.74) is 3.88. The molecule has 2 heteroatoms. The summed E-state index contributed by atoms with van der Waals surface area (Å²) in [4.78, 5) is 2.38. The van der Waals surface area contributed by atoms with Crippen LogP contribution in [0.25, 0.3) is 0 Å². The van der Waals surface area contributed by atoms with Gasteiger partial charge in [-0.25, -0.2) is 0 Å². The van der Waals surface area contributed by atoms with Crippen LogP contribution < -0.4 is 10.2 Å². The fourth-order valence-corrected chi connectivity index (χ4v) is 2.25. The molecule has 0 aliphatic carbocycles. The van der Waals surface area contributed by atoms with Gasteiger partial charge in [-0.15, -0.1) is 0 Å². The van der Waals surface area contributed by atoms with E-state index >= 15 is 0 Å². The van der Waals surface area contributed by atoms with Gasteiger partial charge in [0.2, 0.25) is 0 Å². The van der Waals surface area contributed by atoms with Gasteiger partial charge in [-0.2, -0.15) is 0 Å². The molecule has 0 aliphatic heterocycles. The summed E-state index contributed by atoms with van der Waals surface area (Å²) in [5.74, 6) is 0. The van der Waals surface area contributed by atoms with E-state index < -0.39 is 0 Å². The SMILES string of the molecule is C=C(C)CN(CC)c1ccccc1C(C)NCC. The van der Waals surface area contributed by atoms with Crippen molar-refractivity contribution in [3.8, 4) is 0 Å². The summed E-state index contributed by atoms with van der Waals surface area (Å²) in [7, 11) is 0. The van der Waals surface area contributed by atoms with Crippen molar-refractivity contribution in [2.75, 3.05) is 24.5 Å². The largest absolute Gasteiger partial charge is 0.368 e. The Kier molecular flexibility index (Phi) is 5.93. The van der Waals surface area contributed by atoms with Gasteiger partial charge in [-0.1, -0.05) is 37.3 Å². The Balaban J connectivity index is 3.02. The normalized spacial score (nSPS) is 12.2. The molecule has 0 aliphatic rings. The number of benzene rings is 1. The van der Waals surface area contributed by atoms with Gasteiger partial charge in [0.05, 0.1) is 0 Å². The zero-order chi connectivity index (χ0) is 13.5. The van der Waals surface area contributed by atoms with Crippen LogP contribution in [-0.2, 0) is 0 Å². The molecule has 2 nitrogen and oxygen atoms in total. The maximum atomic E-state index is 4.02. The van der Waals surface area contributed by atoms with Crippen molar-refractivity contribution in [3.63, 3.8) is 0 Å². The fraction of sp³-hybridized carbons (Fsp3) is 0.500. The first kappa shape index (κ1) is 14.8. The number of hydrogen-bond acceptors (Lipinski definition) is 2. The molecule has 18 heavy (non-hydrogen) atoms. The van der Waals surface area contributed by atoms with E-state index in [0.717, 1.165) is 19.6 Å². The Morgan fingerprint density at radius 1 is 1.33 bits per heavy atom. The number of nitrogens with zero attached hydrogens (tertiary/aromatic N) is 1. The van der Waals surface area contributed by atoms with Crippen molar-refractivity contribution in [3.05, 3.63) is 42.0 Å². The van der Waals surface area contributed by atoms with Crippen LogP contribution in [0.2, 0.25) is 0 Å². The molecule has 0 fully saturated rings. The summed E-state index contributed by atoms with van der Waals surface area (Å²) < 4.78 is 0. The number of anilines is 1. The summed E-state index contributed by atoms with van der Waals surface area (Å²) in [6.45, 7) is 15.6. The summed E-state index contributed by atoms with van der Waals surface area (Å²) >= 11 is 0. The van der Waals surface area contributed by atoms with Gasteiger partial charge >= 0.3 is 0 Å². The summed E-state index contributed by atoms with van der Waals surface area (Å²) in [5, 5.41) is 3.49. The number of nitrogens with one attached hydrogen (secondary N) is 1. The quantitative estimate of drug-likeness (QED) is 0.737. The molecule has 1 atom stereocenters. The minimum atomic E-state index is 0.380. The van der Waals surface area contributed by atoms with E-state index in [1.54, 1.807) is 0 Å². The predicted molar refractivity (Wildman–Crippen MR) is 81.2 cm³/mol. The molecule has 0 bridgehead atoms. The van der Waals surface area contributed by atoms with E-state index in [2.05, 4.69) is 68.8 Å². The van der Waals surface area contributed by atoms with Crippen molar-refractivity contribution in [1.82, 2.24) is 5.32 Å². The lowest BCUT2D eigenvalue weighted by Crippen LogP contribution is -2.27. The van der Waals surface area contributed by atoms with E-state index in [4.69, 9.17) is 0 Å². The smallest absolute Gasteiger partial charge is 0.0417 e. The Morgan fingerprint density at radius 3 is 2.56 bits per heavy atom. The molecular weight excluding hydrogens is 220 g/mol. The van der Waals surface area contributed by atoms with Crippen LogP contribution >= 0.6 is 0 Å². The van der Waals surface area contributed by atoms with E-state index in [1.807, 2.05) is 0 Å². The molecule has 0 saturated carbocycles. The molecule has 1 unspecified atom stereocenters. The van der Waals surface area contributed by atoms with Gasteiger partial charge in [0, 0.05) is 24.8 Å². The van der Waals surface area contributed by atoms with Crippen LogP contribution in [0.5, 0.6) is 0 Å². The average Bonchev–Trinajstić information content (AvgIpc) is 2.36. The molecule has 0 heterocycles. The molecule has 1 aromatic rings. The van der Waals surface area contributed by atoms with Crippen LogP contribution in [-0.4, -0.2) is 19.6 Å². The van der Waals surface area contributed by atoms with Gasteiger partial charge in [-0.3, -0.25) is 0 Å². The number of para-hydroxylation sites is 1. The van der Waals surface area contributed by atoms with Crippen LogP contribution in [0, 0.1) is 0 Å². The van der Waals surface area contributed by atoms with Crippen molar-refractivity contribution < 1.29 is 0 Å². The first-order valence-corrected chi connectivity index (χ1v) is 6.81. The highest BCUT2D eigenvalue weighted by Gasteiger charge is 2.13.